The van der Waals surface area contributed by atoms with Crippen LogP contribution >= 0.6 is 11.8 Å². The Morgan fingerprint density at radius 2 is 2.23 bits per heavy atom. The summed E-state index contributed by atoms with van der Waals surface area (Å²) in [5, 5.41) is 3.51. The predicted molar refractivity (Wildman–Crippen MR) is 62.4 cm³/mol. The lowest BCUT2D eigenvalue weighted by atomic mass is 9.86. The molecule has 0 aliphatic carbocycles. The van der Waals surface area contributed by atoms with E-state index in [0.717, 1.165) is 5.92 Å². The summed E-state index contributed by atoms with van der Waals surface area (Å²) >= 11 is 2.16. The molecule has 0 aromatic rings. The second-order valence-corrected chi connectivity index (χ2v) is 6.05. The molecule has 3 atom stereocenters. The van der Waals surface area contributed by atoms with Gasteiger partial charge in [0.2, 0.25) is 0 Å². The van der Waals surface area contributed by atoms with Crippen LogP contribution in [-0.2, 0) is 0 Å². The van der Waals surface area contributed by atoms with E-state index in [1.165, 1.54) is 25.0 Å². The lowest BCUT2D eigenvalue weighted by Crippen LogP contribution is -2.47. The van der Waals surface area contributed by atoms with Crippen LogP contribution in [0, 0.1) is 5.92 Å². The van der Waals surface area contributed by atoms with Gasteiger partial charge in [-0.3, -0.25) is 0 Å². The van der Waals surface area contributed by atoms with E-state index in [0.29, 0.717) is 10.8 Å². The van der Waals surface area contributed by atoms with Gasteiger partial charge in [-0.2, -0.15) is 11.8 Å². The zero-order chi connectivity index (χ0) is 9.90. The molecule has 1 nitrogen and oxygen atoms in total. The maximum atomic E-state index is 3.51. The molecule has 0 amide bonds. The van der Waals surface area contributed by atoms with Gasteiger partial charge in [0.1, 0.15) is 0 Å². The van der Waals surface area contributed by atoms with Gasteiger partial charge in [0.15, 0.2) is 0 Å². The normalized spacial score (nSPS) is 33.2. The summed E-state index contributed by atoms with van der Waals surface area (Å²) in [6, 6.07) is 0.685. The summed E-state index contributed by atoms with van der Waals surface area (Å²) < 4.78 is 0.490. The summed E-state index contributed by atoms with van der Waals surface area (Å²) in [4.78, 5) is 0. The van der Waals surface area contributed by atoms with Crippen molar-refractivity contribution in [1.29, 1.82) is 0 Å². The van der Waals surface area contributed by atoms with Crippen molar-refractivity contribution < 1.29 is 0 Å². The number of thioether (sulfide) groups is 1. The minimum atomic E-state index is 0.490. The maximum Gasteiger partial charge on any atom is 0.0287 e. The van der Waals surface area contributed by atoms with Crippen LogP contribution in [0.3, 0.4) is 0 Å². The third-order valence-corrected chi connectivity index (χ3v) is 5.04. The van der Waals surface area contributed by atoms with Crippen molar-refractivity contribution in [2.45, 2.75) is 50.8 Å². The molecule has 0 saturated carbocycles. The molecule has 0 bridgehead atoms. The van der Waals surface area contributed by atoms with Crippen molar-refractivity contribution in [1.82, 2.24) is 5.32 Å². The molecule has 1 saturated heterocycles. The number of hydrogen-bond acceptors (Lipinski definition) is 2. The second kappa shape index (κ2) is 4.70. The van der Waals surface area contributed by atoms with Crippen molar-refractivity contribution in [3.8, 4) is 0 Å². The lowest BCUT2D eigenvalue weighted by Gasteiger charge is -2.37. The molecule has 1 N–H and O–H groups in total. The first-order valence-corrected chi connectivity index (χ1v) is 6.44. The van der Waals surface area contributed by atoms with Crippen molar-refractivity contribution in [3.63, 3.8) is 0 Å². The van der Waals surface area contributed by atoms with Crippen LogP contribution in [0.2, 0.25) is 0 Å². The van der Waals surface area contributed by atoms with E-state index in [-0.39, 0.29) is 0 Å². The van der Waals surface area contributed by atoms with E-state index in [1.807, 2.05) is 0 Å². The van der Waals surface area contributed by atoms with Gasteiger partial charge in [-0.1, -0.05) is 20.3 Å². The molecule has 3 unspecified atom stereocenters. The van der Waals surface area contributed by atoms with Crippen LogP contribution in [0.5, 0.6) is 0 Å². The average molecular weight is 201 g/mol. The van der Waals surface area contributed by atoms with Crippen molar-refractivity contribution in [2.24, 2.45) is 5.92 Å². The van der Waals surface area contributed by atoms with Crippen LogP contribution in [0.15, 0.2) is 0 Å². The molecule has 0 spiro atoms. The molecule has 1 fully saturated rings. The number of nitrogens with one attached hydrogen (secondary N) is 1. The molecule has 1 rings (SSSR count). The summed E-state index contributed by atoms with van der Waals surface area (Å²) in [6.07, 6.45) is 4.06. The Hall–Kier alpha value is 0.310. The van der Waals surface area contributed by atoms with Crippen LogP contribution in [0.25, 0.3) is 0 Å². The molecular weight excluding hydrogens is 178 g/mol. The Morgan fingerprint density at radius 3 is 2.62 bits per heavy atom. The van der Waals surface area contributed by atoms with Crippen molar-refractivity contribution in [2.75, 3.05) is 12.8 Å². The molecule has 13 heavy (non-hydrogen) atoms. The van der Waals surface area contributed by atoms with Crippen LogP contribution in [0.1, 0.15) is 40.0 Å². The zero-order valence-corrected chi connectivity index (χ0v) is 10.2. The summed E-state index contributed by atoms with van der Waals surface area (Å²) in [5.41, 5.74) is 0. The molecule has 0 aromatic carbocycles. The van der Waals surface area contributed by atoms with Crippen LogP contribution in [0.4, 0.5) is 0 Å². The topological polar surface area (TPSA) is 12.0 Å². The van der Waals surface area contributed by atoms with Crippen LogP contribution < -0.4 is 5.32 Å². The Balaban J connectivity index is 2.63. The maximum absolute atomic E-state index is 3.51. The molecule has 78 valence electrons. The van der Waals surface area contributed by atoms with E-state index in [4.69, 9.17) is 0 Å². The van der Waals surface area contributed by atoms with Gasteiger partial charge < -0.3 is 5.32 Å². The quantitative estimate of drug-likeness (QED) is 0.750. The summed E-state index contributed by atoms with van der Waals surface area (Å²) in [6.45, 7) is 7.08. The van der Waals surface area contributed by atoms with E-state index in [1.54, 1.807) is 0 Å². The van der Waals surface area contributed by atoms with Gasteiger partial charge in [-0.05, 0) is 38.5 Å². The number of hydrogen-bond donors (Lipinski definition) is 1. The van der Waals surface area contributed by atoms with Gasteiger partial charge in [0, 0.05) is 10.8 Å². The fourth-order valence-corrected chi connectivity index (χ4v) is 4.05. The third-order valence-electron chi connectivity index (χ3n) is 3.43. The molecule has 0 radical (unpaired) electrons. The molecule has 1 aliphatic heterocycles. The predicted octanol–water partition coefficient (Wildman–Crippen LogP) is 2.91. The van der Waals surface area contributed by atoms with Crippen molar-refractivity contribution in [3.05, 3.63) is 0 Å². The smallest absolute Gasteiger partial charge is 0.0287 e. The Labute approximate surface area is 87.1 Å². The molecule has 1 heterocycles. The lowest BCUT2D eigenvalue weighted by molar-refractivity contribution is 0.314. The first-order valence-electron chi connectivity index (χ1n) is 5.45. The minimum absolute atomic E-state index is 0.490. The minimum Gasteiger partial charge on any atom is -0.315 e. The van der Waals surface area contributed by atoms with E-state index >= 15 is 0 Å². The van der Waals surface area contributed by atoms with Gasteiger partial charge in [-0.15, -0.1) is 0 Å². The Kier molecular flexibility index (Phi) is 4.11. The monoisotopic (exact) mass is 201 g/mol. The standard InChI is InChI=1S/C11H23NS/c1-5-9(2)10(12-4)11(3)7-6-8-13-11/h9-10,12H,5-8H2,1-4H3. The highest BCUT2D eigenvalue weighted by atomic mass is 32.2. The fraction of sp³-hybridized carbons (Fsp3) is 1.00. The average Bonchev–Trinajstić information content (AvgIpc) is 2.53. The second-order valence-electron chi connectivity index (χ2n) is 4.42. The van der Waals surface area contributed by atoms with Gasteiger partial charge in [0.05, 0.1) is 0 Å². The third kappa shape index (κ3) is 2.41. The fourth-order valence-electron chi connectivity index (χ4n) is 2.47. The highest BCUT2D eigenvalue weighted by molar-refractivity contribution is 8.00. The number of rotatable bonds is 4. The molecule has 2 heteroatoms. The van der Waals surface area contributed by atoms with Crippen molar-refractivity contribution >= 4 is 11.8 Å². The highest BCUT2D eigenvalue weighted by Crippen LogP contribution is 2.42. The Morgan fingerprint density at radius 1 is 1.54 bits per heavy atom. The van der Waals surface area contributed by atoms with Gasteiger partial charge >= 0.3 is 0 Å². The molecule has 1 aliphatic rings. The first-order chi connectivity index (χ1) is 6.14. The summed E-state index contributed by atoms with van der Waals surface area (Å²) in [7, 11) is 2.11. The molecule has 0 aromatic heterocycles. The highest BCUT2D eigenvalue weighted by Gasteiger charge is 2.38. The van der Waals surface area contributed by atoms with E-state index in [9.17, 15) is 0 Å². The summed E-state index contributed by atoms with van der Waals surface area (Å²) in [5.74, 6) is 2.14. The van der Waals surface area contributed by atoms with Gasteiger partial charge in [0.25, 0.3) is 0 Å². The SMILES string of the molecule is CCC(C)C(NC)C1(C)CCCS1. The van der Waals surface area contributed by atoms with Crippen LogP contribution in [-0.4, -0.2) is 23.6 Å². The molecular formula is C11H23NS. The zero-order valence-electron chi connectivity index (χ0n) is 9.39. The largest absolute Gasteiger partial charge is 0.315 e. The van der Waals surface area contributed by atoms with E-state index < -0.39 is 0 Å². The van der Waals surface area contributed by atoms with Gasteiger partial charge in [-0.25, -0.2) is 0 Å². The first kappa shape index (κ1) is 11.4. The Bertz CT molecular complexity index is 152. The van der Waals surface area contributed by atoms with E-state index in [2.05, 4.69) is 44.9 Å².